The quantitative estimate of drug-likeness (QED) is 0.861. The SMILES string of the molecule is Cc1nn(C)c(C(=O)NCc2cc3n(n2)CCN(C(=O)N(C)C)C3)c1Cl. The standard InChI is InChI=1S/C16H22ClN7O2/c1-10-13(17)14(22(4)19-10)15(25)18-8-11-7-12-9-23(16(26)21(2)3)5-6-24(12)20-11/h7H,5-6,8-9H2,1-4H3,(H,18,25). The molecule has 26 heavy (non-hydrogen) atoms. The van der Waals surface area contributed by atoms with E-state index in [-0.39, 0.29) is 18.5 Å². The zero-order valence-electron chi connectivity index (χ0n) is 15.3. The van der Waals surface area contributed by atoms with E-state index in [0.717, 1.165) is 11.4 Å². The van der Waals surface area contributed by atoms with Crippen LogP contribution in [0.5, 0.6) is 0 Å². The number of hydrogen-bond acceptors (Lipinski definition) is 4. The summed E-state index contributed by atoms with van der Waals surface area (Å²) in [6, 6.07) is 1.89. The highest BCUT2D eigenvalue weighted by Crippen LogP contribution is 2.19. The second kappa shape index (κ2) is 6.99. The normalized spacial score (nSPS) is 13.5. The number of urea groups is 1. The van der Waals surface area contributed by atoms with Crippen LogP contribution in [0.4, 0.5) is 4.79 Å². The first-order chi connectivity index (χ1) is 12.3. The van der Waals surface area contributed by atoms with Gasteiger partial charge in [0.05, 0.1) is 41.7 Å². The maximum Gasteiger partial charge on any atom is 0.319 e. The molecule has 1 aliphatic rings. The summed E-state index contributed by atoms with van der Waals surface area (Å²) in [7, 11) is 5.15. The van der Waals surface area contributed by atoms with E-state index < -0.39 is 0 Å². The number of nitrogens with one attached hydrogen (secondary N) is 1. The van der Waals surface area contributed by atoms with Crippen LogP contribution in [0.25, 0.3) is 0 Å². The van der Waals surface area contributed by atoms with Gasteiger partial charge in [-0.2, -0.15) is 10.2 Å². The minimum absolute atomic E-state index is 0.0199. The Labute approximate surface area is 156 Å². The van der Waals surface area contributed by atoms with Crippen molar-refractivity contribution in [3.05, 3.63) is 33.9 Å². The minimum Gasteiger partial charge on any atom is -0.345 e. The van der Waals surface area contributed by atoms with Crippen LogP contribution in [-0.4, -0.2) is 61.9 Å². The second-order valence-electron chi connectivity index (χ2n) is 6.50. The second-order valence-corrected chi connectivity index (χ2v) is 6.88. The van der Waals surface area contributed by atoms with Gasteiger partial charge in [0.25, 0.3) is 5.91 Å². The molecule has 9 nitrogen and oxygen atoms in total. The van der Waals surface area contributed by atoms with Crippen LogP contribution >= 0.6 is 11.6 Å². The Morgan fingerprint density at radius 3 is 2.65 bits per heavy atom. The number of rotatable bonds is 3. The molecule has 2 aromatic rings. The number of carbonyl (C=O) groups is 2. The molecular formula is C16H22ClN7O2. The van der Waals surface area contributed by atoms with Crippen LogP contribution in [0.2, 0.25) is 5.02 Å². The highest BCUT2D eigenvalue weighted by atomic mass is 35.5. The van der Waals surface area contributed by atoms with Crippen molar-refractivity contribution < 1.29 is 9.59 Å². The largest absolute Gasteiger partial charge is 0.345 e. The van der Waals surface area contributed by atoms with Gasteiger partial charge in [-0.05, 0) is 13.0 Å². The lowest BCUT2D eigenvalue weighted by atomic mass is 10.3. The predicted octanol–water partition coefficient (Wildman–Crippen LogP) is 1.01. The summed E-state index contributed by atoms with van der Waals surface area (Å²) in [5, 5.41) is 11.8. The Kier molecular flexibility index (Phi) is 4.90. The van der Waals surface area contributed by atoms with Crippen molar-refractivity contribution in [3.8, 4) is 0 Å². The van der Waals surface area contributed by atoms with Crippen molar-refractivity contribution in [1.82, 2.24) is 34.7 Å². The number of aryl methyl sites for hydroxylation is 2. The predicted molar refractivity (Wildman–Crippen MR) is 95.8 cm³/mol. The molecule has 0 atom stereocenters. The fourth-order valence-electron chi connectivity index (χ4n) is 2.99. The zero-order valence-corrected chi connectivity index (χ0v) is 16.0. The molecule has 0 radical (unpaired) electrons. The third kappa shape index (κ3) is 3.39. The first-order valence-electron chi connectivity index (χ1n) is 8.27. The molecule has 3 rings (SSSR count). The molecule has 1 N–H and O–H groups in total. The zero-order chi connectivity index (χ0) is 19.0. The molecular weight excluding hydrogens is 358 g/mol. The van der Waals surface area contributed by atoms with Crippen molar-refractivity contribution in [2.75, 3.05) is 20.6 Å². The van der Waals surface area contributed by atoms with Gasteiger partial charge in [-0.3, -0.25) is 14.2 Å². The Bertz CT molecular complexity index is 855. The summed E-state index contributed by atoms with van der Waals surface area (Å²) in [4.78, 5) is 27.8. The third-order valence-electron chi connectivity index (χ3n) is 4.30. The Morgan fingerprint density at radius 2 is 2.04 bits per heavy atom. The maximum absolute atomic E-state index is 12.4. The average molecular weight is 380 g/mol. The lowest BCUT2D eigenvalue weighted by Crippen LogP contribution is -2.43. The molecule has 0 spiro atoms. The summed E-state index contributed by atoms with van der Waals surface area (Å²) in [5.74, 6) is -0.298. The molecule has 0 aliphatic carbocycles. The molecule has 3 heterocycles. The van der Waals surface area contributed by atoms with E-state index in [1.54, 1.807) is 37.9 Å². The van der Waals surface area contributed by atoms with E-state index in [1.165, 1.54) is 4.68 Å². The van der Waals surface area contributed by atoms with Gasteiger partial charge in [-0.15, -0.1) is 0 Å². The lowest BCUT2D eigenvalue weighted by molar-refractivity contribution is 0.0941. The average Bonchev–Trinajstić information content (AvgIpc) is 3.11. The minimum atomic E-state index is -0.298. The molecule has 2 aromatic heterocycles. The van der Waals surface area contributed by atoms with Crippen molar-refractivity contribution in [3.63, 3.8) is 0 Å². The van der Waals surface area contributed by atoms with Gasteiger partial charge in [0, 0.05) is 27.7 Å². The van der Waals surface area contributed by atoms with Gasteiger partial charge in [0.1, 0.15) is 5.69 Å². The Morgan fingerprint density at radius 1 is 1.31 bits per heavy atom. The molecule has 0 aromatic carbocycles. The van der Waals surface area contributed by atoms with Gasteiger partial charge in [0.15, 0.2) is 0 Å². The van der Waals surface area contributed by atoms with Gasteiger partial charge >= 0.3 is 6.03 Å². The molecule has 0 saturated heterocycles. The Balaban J connectivity index is 1.66. The highest BCUT2D eigenvalue weighted by Gasteiger charge is 2.24. The summed E-state index contributed by atoms with van der Waals surface area (Å²) in [6.07, 6.45) is 0. The highest BCUT2D eigenvalue weighted by molar-refractivity contribution is 6.34. The molecule has 0 fully saturated rings. The number of amides is 3. The van der Waals surface area contributed by atoms with Crippen LogP contribution in [0.3, 0.4) is 0 Å². The van der Waals surface area contributed by atoms with Gasteiger partial charge in [0.2, 0.25) is 0 Å². The van der Waals surface area contributed by atoms with E-state index in [9.17, 15) is 9.59 Å². The van der Waals surface area contributed by atoms with Crippen LogP contribution in [-0.2, 0) is 26.7 Å². The van der Waals surface area contributed by atoms with Crippen molar-refractivity contribution >= 4 is 23.5 Å². The first-order valence-corrected chi connectivity index (χ1v) is 8.65. The lowest BCUT2D eigenvalue weighted by Gasteiger charge is -2.29. The van der Waals surface area contributed by atoms with Crippen LogP contribution < -0.4 is 5.32 Å². The molecule has 0 saturated carbocycles. The molecule has 0 bridgehead atoms. The smallest absolute Gasteiger partial charge is 0.319 e. The fourth-order valence-corrected chi connectivity index (χ4v) is 3.24. The first kappa shape index (κ1) is 18.2. The topological polar surface area (TPSA) is 88.3 Å². The fraction of sp³-hybridized carbons (Fsp3) is 0.500. The van der Waals surface area contributed by atoms with Crippen molar-refractivity contribution in [2.45, 2.75) is 26.6 Å². The van der Waals surface area contributed by atoms with E-state index in [4.69, 9.17) is 11.6 Å². The molecule has 140 valence electrons. The molecule has 0 unspecified atom stereocenters. The van der Waals surface area contributed by atoms with Gasteiger partial charge < -0.3 is 15.1 Å². The number of halogens is 1. The summed E-state index contributed by atoms with van der Waals surface area (Å²) >= 11 is 6.14. The maximum atomic E-state index is 12.4. The molecule has 10 heteroatoms. The summed E-state index contributed by atoms with van der Waals surface area (Å²) in [6.45, 7) is 3.78. The number of fused-ring (bicyclic) bond motifs is 1. The van der Waals surface area contributed by atoms with Crippen molar-refractivity contribution in [1.29, 1.82) is 0 Å². The number of aromatic nitrogens is 4. The molecule has 1 aliphatic heterocycles. The van der Waals surface area contributed by atoms with E-state index >= 15 is 0 Å². The van der Waals surface area contributed by atoms with Gasteiger partial charge in [-0.1, -0.05) is 11.6 Å². The van der Waals surface area contributed by atoms with Gasteiger partial charge in [-0.25, -0.2) is 4.79 Å². The van der Waals surface area contributed by atoms with Crippen LogP contribution in [0.15, 0.2) is 6.07 Å². The number of carbonyl (C=O) groups excluding carboxylic acids is 2. The van der Waals surface area contributed by atoms with E-state index in [2.05, 4.69) is 15.5 Å². The third-order valence-corrected chi connectivity index (χ3v) is 4.75. The monoisotopic (exact) mass is 379 g/mol. The summed E-state index contributed by atoms with van der Waals surface area (Å²) in [5.41, 5.74) is 2.63. The Hall–Kier alpha value is -2.55. The van der Waals surface area contributed by atoms with Crippen LogP contribution in [0, 0.1) is 6.92 Å². The number of hydrogen-bond donors (Lipinski definition) is 1. The molecule has 3 amide bonds. The summed E-state index contributed by atoms with van der Waals surface area (Å²) < 4.78 is 3.35. The van der Waals surface area contributed by atoms with Crippen molar-refractivity contribution in [2.24, 2.45) is 7.05 Å². The van der Waals surface area contributed by atoms with Crippen LogP contribution in [0.1, 0.15) is 27.6 Å². The van der Waals surface area contributed by atoms with E-state index in [0.29, 0.717) is 36.0 Å². The number of nitrogens with zero attached hydrogens (tertiary/aromatic N) is 6. The van der Waals surface area contributed by atoms with E-state index in [1.807, 2.05) is 10.7 Å².